The van der Waals surface area contributed by atoms with Crippen molar-refractivity contribution in [2.45, 2.75) is 13.8 Å². The van der Waals surface area contributed by atoms with Crippen LogP contribution in [-0.4, -0.2) is 20.9 Å². The molecule has 0 aliphatic heterocycles. The number of rotatable bonds is 3. The summed E-state index contributed by atoms with van der Waals surface area (Å²) in [6, 6.07) is 21.4. The molecule has 1 N–H and O–H groups in total. The van der Waals surface area contributed by atoms with Gasteiger partial charge in [0, 0.05) is 29.3 Å². The predicted molar refractivity (Wildman–Crippen MR) is 107 cm³/mol. The smallest absolute Gasteiger partial charge is 0.221 e. The average Bonchev–Trinajstić information content (AvgIpc) is 2.67. The topological polar surface area (TPSA) is 67.8 Å². The fourth-order valence-electron chi connectivity index (χ4n) is 3.03. The minimum Gasteiger partial charge on any atom is -0.326 e. The van der Waals surface area contributed by atoms with Gasteiger partial charge in [-0.1, -0.05) is 36.4 Å². The Hall–Kier alpha value is -3.60. The van der Waals surface area contributed by atoms with Crippen molar-refractivity contribution in [3.8, 4) is 22.8 Å². The van der Waals surface area contributed by atoms with E-state index in [0.717, 1.165) is 39.2 Å². The molecule has 5 nitrogen and oxygen atoms in total. The zero-order valence-corrected chi connectivity index (χ0v) is 15.1. The van der Waals surface area contributed by atoms with Gasteiger partial charge in [-0.05, 0) is 37.3 Å². The lowest BCUT2D eigenvalue weighted by atomic mass is 10.1. The number of fused-ring (bicyclic) bond motifs is 1. The molecular formula is C22H18N4O. The Morgan fingerprint density at radius 1 is 0.889 bits per heavy atom. The number of carbonyl (C=O) groups is 1. The van der Waals surface area contributed by atoms with Crippen LogP contribution in [0.2, 0.25) is 0 Å². The number of hydrogen-bond acceptors (Lipinski definition) is 4. The molecule has 1 amide bonds. The zero-order chi connectivity index (χ0) is 18.8. The first kappa shape index (κ1) is 16.8. The van der Waals surface area contributed by atoms with Crippen LogP contribution in [0.5, 0.6) is 0 Å². The Labute approximate surface area is 157 Å². The number of anilines is 1. The van der Waals surface area contributed by atoms with Crippen molar-refractivity contribution in [1.29, 1.82) is 0 Å². The number of benzene rings is 2. The number of nitrogens with zero attached hydrogens (tertiary/aromatic N) is 3. The molecule has 0 unspecified atom stereocenters. The van der Waals surface area contributed by atoms with Gasteiger partial charge in [-0.2, -0.15) is 0 Å². The summed E-state index contributed by atoms with van der Waals surface area (Å²) in [7, 11) is 0. The van der Waals surface area contributed by atoms with Crippen LogP contribution < -0.4 is 5.32 Å². The van der Waals surface area contributed by atoms with Crippen molar-refractivity contribution < 1.29 is 4.79 Å². The third-order valence-electron chi connectivity index (χ3n) is 4.18. The molecule has 5 heteroatoms. The second kappa shape index (κ2) is 6.96. The van der Waals surface area contributed by atoms with Gasteiger partial charge in [0.1, 0.15) is 5.69 Å². The Balaban J connectivity index is 1.93. The number of aromatic nitrogens is 3. The summed E-state index contributed by atoms with van der Waals surface area (Å²) < 4.78 is 0. The largest absolute Gasteiger partial charge is 0.326 e. The molecule has 2 heterocycles. The van der Waals surface area contributed by atoms with Crippen molar-refractivity contribution in [2.24, 2.45) is 0 Å². The number of nitrogens with one attached hydrogen (secondary N) is 1. The molecule has 2 aromatic carbocycles. The molecule has 0 atom stereocenters. The summed E-state index contributed by atoms with van der Waals surface area (Å²) in [6.45, 7) is 3.44. The Morgan fingerprint density at radius 2 is 1.70 bits per heavy atom. The van der Waals surface area contributed by atoms with E-state index in [1.54, 1.807) is 0 Å². The van der Waals surface area contributed by atoms with E-state index in [4.69, 9.17) is 9.97 Å². The minimum atomic E-state index is -0.107. The van der Waals surface area contributed by atoms with E-state index < -0.39 is 0 Å². The predicted octanol–water partition coefficient (Wildman–Crippen LogP) is 4.63. The van der Waals surface area contributed by atoms with Crippen molar-refractivity contribution in [3.05, 3.63) is 72.4 Å². The zero-order valence-electron chi connectivity index (χ0n) is 15.1. The van der Waals surface area contributed by atoms with Crippen LogP contribution in [0.15, 0.2) is 66.7 Å². The monoisotopic (exact) mass is 354 g/mol. The SMILES string of the molecule is CC(=O)Nc1cccc(-c2nc(-c3cccc(C)n3)nc3ccccc23)c1. The average molecular weight is 354 g/mol. The van der Waals surface area contributed by atoms with Crippen molar-refractivity contribution >= 4 is 22.5 Å². The number of aryl methyl sites for hydroxylation is 1. The van der Waals surface area contributed by atoms with Crippen LogP contribution in [0.4, 0.5) is 5.69 Å². The molecular weight excluding hydrogens is 336 g/mol. The molecule has 0 saturated carbocycles. The van der Waals surface area contributed by atoms with E-state index in [0.29, 0.717) is 5.82 Å². The lowest BCUT2D eigenvalue weighted by Gasteiger charge is -2.10. The highest BCUT2D eigenvalue weighted by Gasteiger charge is 2.12. The van der Waals surface area contributed by atoms with E-state index in [-0.39, 0.29) is 5.91 Å². The Kier molecular flexibility index (Phi) is 4.34. The highest BCUT2D eigenvalue weighted by Crippen LogP contribution is 2.30. The van der Waals surface area contributed by atoms with Crippen molar-refractivity contribution in [2.75, 3.05) is 5.32 Å². The number of amides is 1. The molecule has 2 aromatic heterocycles. The number of para-hydroxylation sites is 1. The maximum absolute atomic E-state index is 11.4. The molecule has 0 radical (unpaired) electrons. The van der Waals surface area contributed by atoms with E-state index in [1.165, 1.54) is 6.92 Å². The first-order valence-corrected chi connectivity index (χ1v) is 8.69. The van der Waals surface area contributed by atoms with Gasteiger partial charge in [0.25, 0.3) is 0 Å². The van der Waals surface area contributed by atoms with Crippen LogP contribution in [0.1, 0.15) is 12.6 Å². The first-order chi connectivity index (χ1) is 13.1. The highest BCUT2D eigenvalue weighted by atomic mass is 16.1. The molecule has 0 aliphatic rings. The summed E-state index contributed by atoms with van der Waals surface area (Å²) in [6.07, 6.45) is 0. The van der Waals surface area contributed by atoms with E-state index >= 15 is 0 Å². The van der Waals surface area contributed by atoms with Gasteiger partial charge < -0.3 is 5.32 Å². The summed E-state index contributed by atoms with van der Waals surface area (Å²) in [5, 5.41) is 3.77. The fraction of sp³-hybridized carbons (Fsp3) is 0.0909. The fourth-order valence-corrected chi connectivity index (χ4v) is 3.03. The second-order valence-electron chi connectivity index (χ2n) is 6.34. The van der Waals surface area contributed by atoms with Gasteiger partial charge in [0.2, 0.25) is 5.91 Å². The van der Waals surface area contributed by atoms with Crippen LogP contribution >= 0.6 is 0 Å². The van der Waals surface area contributed by atoms with Crippen LogP contribution in [-0.2, 0) is 4.79 Å². The molecule has 27 heavy (non-hydrogen) atoms. The third-order valence-corrected chi connectivity index (χ3v) is 4.18. The van der Waals surface area contributed by atoms with Gasteiger partial charge in [-0.3, -0.25) is 4.79 Å². The maximum Gasteiger partial charge on any atom is 0.221 e. The standard InChI is InChI=1S/C22H18N4O/c1-14-7-5-12-20(23-14)22-25-19-11-4-3-10-18(19)21(26-22)16-8-6-9-17(13-16)24-15(2)27/h3-13H,1-2H3,(H,24,27). The Morgan fingerprint density at radius 3 is 2.52 bits per heavy atom. The quantitative estimate of drug-likeness (QED) is 0.583. The van der Waals surface area contributed by atoms with E-state index in [2.05, 4.69) is 10.3 Å². The van der Waals surface area contributed by atoms with Gasteiger partial charge in [-0.15, -0.1) is 0 Å². The first-order valence-electron chi connectivity index (χ1n) is 8.69. The van der Waals surface area contributed by atoms with Crippen molar-refractivity contribution in [3.63, 3.8) is 0 Å². The molecule has 132 valence electrons. The molecule has 0 saturated heterocycles. The molecule has 0 bridgehead atoms. The molecule has 0 spiro atoms. The lowest BCUT2D eigenvalue weighted by Crippen LogP contribution is -2.05. The normalized spacial score (nSPS) is 10.7. The molecule has 4 rings (SSSR count). The summed E-state index contributed by atoms with van der Waals surface area (Å²) in [4.78, 5) is 25.5. The third kappa shape index (κ3) is 3.53. The summed E-state index contributed by atoms with van der Waals surface area (Å²) in [5.74, 6) is 0.474. The van der Waals surface area contributed by atoms with Gasteiger partial charge in [-0.25, -0.2) is 15.0 Å². The van der Waals surface area contributed by atoms with Crippen LogP contribution in [0.25, 0.3) is 33.7 Å². The molecule has 4 aromatic rings. The highest BCUT2D eigenvalue weighted by molar-refractivity contribution is 5.95. The minimum absolute atomic E-state index is 0.107. The number of carbonyl (C=O) groups excluding carboxylic acids is 1. The maximum atomic E-state index is 11.4. The van der Waals surface area contributed by atoms with Crippen molar-refractivity contribution in [1.82, 2.24) is 15.0 Å². The molecule has 0 aliphatic carbocycles. The lowest BCUT2D eigenvalue weighted by molar-refractivity contribution is -0.114. The Bertz CT molecular complexity index is 1150. The number of pyridine rings is 1. The van der Waals surface area contributed by atoms with Crippen LogP contribution in [0.3, 0.4) is 0 Å². The second-order valence-corrected chi connectivity index (χ2v) is 6.34. The van der Waals surface area contributed by atoms with E-state index in [1.807, 2.05) is 73.7 Å². The van der Waals surface area contributed by atoms with Crippen LogP contribution in [0, 0.1) is 6.92 Å². The van der Waals surface area contributed by atoms with Gasteiger partial charge in [0.15, 0.2) is 5.82 Å². The summed E-state index contributed by atoms with van der Waals surface area (Å²) >= 11 is 0. The summed E-state index contributed by atoms with van der Waals surface area (Å²) in [5.41, 5.74) is 4.96. The van der Waals surface area contributed by atoms with E-state index in [9.17, 15) is 4.79 Å². The van der Waals surface area contributed by atoms with Gasteiger partial charge in [0.05, 0.1) is 11.2 Å². The molecule has 0 fully saturated rings. The van der Waals surface area contributed by atoms with Gasteiger partial charge >= 0.3 is 0 Å². The number of hydrogen-bond donors (Lipinski definition) is 1.